The Morgan fingerprint density at radius 2 is 1.87 bits per heavy atom. The van der Waals surface area contributed by atoms with Gasteiger partial charge in [0.2, 0.25) is 5.91 Å². The average molecular weight is 325 g/mol. The fraction of sp³-hybridized carbons (Fsp3) is 0.350. The van der Waals surface area contributed by atoms with Crippen molar-refractivity contribution in [3.63, 3.8) is 0 Å². The molecule has 0 bridgehead atoms. The van der Waals surface area contributed by atoms with E-state index >= 15 is 0 Å². The fourth-order valence-corrected chi connectivity index (χ4v) is 4.12. The molecule has 1 atom stereocenters. The van der Waals surface area contributed by atoms with E-state index in [2.05, 4.69) is 48.2 Å². The van der Waals surface area contributed by atoms with Crippen LogP contribution in [0.15, 0.2) is 59.5 Å². The minimum absolute atomic E-state index is 0.275. The molecule has 1 saturated heterocycles. The van der Waals surface area contributed by atoms with E-state index in [0.717, 1.165) is 25.8 Å². The zero-order valence-electron chi connectivity index (χ0n) is 13.6. The molecule has 1 amide bonds. The lowest BCUT2D eigenvalue weighted by atomic mass is 10.0. The zero-order valence-corrected chi connectivity index (χ0v) is 14.4. The summed E-state index contributed by atoms with van der Waals surface area (Å²) in [6, 6.07) is 19.1. The highest BCUT2D eigenvalue weighted by Crippen LogP contribution is 2.25. The normalized spacial score (nSPS) is 17.4. The number of hydrogen-bond donors (Lipinski definition) is 0. The number of likely N-dealkylation sites (tertiary alicyclic amines) is 1. The highest BCUT2D eigenvalue weighted by molar-refractivity contribution is 8.00. The molecular formula is C20H23NOS. The molecule has 1 heterocycles. The van der Waals surface area contributed by atoms with Crippen LogP contribution < -0.4 is 0 Å². The summed E-state index contributed by atoms with van der Waals surface area (Å²) in [4.78, 5) is 15.9. The smallest absolute Gasteiger partial charge is 0.233 e. The van der Waals surface area contributed by atoms with Crippen LogP contribution in [0.5, 0.6) is 0 Å². The number of hydrogen-bond acceptors (Lipinski definition) is 2. The second-order valence-electron chi connectivity index (χ2n) is 6.13. The Morgan fingerprint density at radius 1 is 1.13 bits per heavy atom. The molecule has 1 aliphatic rings. The number of aryl methyl sites for hydroxylation is 1. The lowest BCUT2D eigenvalue weighted by molar-refractivity contribution is -0.129. The van der Waals surface area contributed by atoms with E-state index in [-0.39, 0.29) is 5.91 Å². The largest absolute Gasteiger partial charge is 0.339 e. The average Bonchev–Trinajstić information content (AvgIpc) is 3.03. The zero-order chi connectivity index (χ0) is 16.1. The summed E-state index contributed by atoms with van der Waals surface area (Å²) < 4.78 is 0. The van der Waals surface area contributed by atoms with Gasteiger partial charge in [-0.15, -0.1) is 11.8 Å². The molecule has 3 heteroatoms. The van der Waals surface area contributed by atoms with E-state index in [1.165, 1.54) is 16.0 Å². The first-order valence-corrected chi connectivity index (χ1v) is 9.24. The summed E-state index contributed by atoms with van der Waals surface area (Å²) in [5.74, 6) is 0.813. The van der Waals surface area contributed by atoms with Gasteiger partial charge >= 0.3 is 0 Å². The highest BCUT2D eigenvalue weighted by Gasteiger charge is 2.28. The Morgan fingerprint density at radius 3 is 2.65 bits per heavy atom. The lowest BCUT2D eigenvalue weighted by Crippen LogP contribution is -2.37. The van der Waals surface area contributed by atoms with Crippen molar-refractivity contribution < 1.29 is 4.79 Å². The van der Waals surface area contributed by atoms with Crippen LogP contribution in [0.3, 0.4) is 0 Å². The van der Waals surface area contributed by atoms with Crippen LogP contribution in [-0.4, -0.2) is 29.1 Å². The molecule has 0 aliphatic carbocycles. The summed E-state index contributed by atoms with van der Waals surface area (Å²) in [5, 5.41) is 0. The number of nitrogens with zero attached hydrogens (tertiary/aromatic N) is 1. The molecular weight excluding hydrogens is 302 g/mol. The summed E-state index contributed by atoms with van der Waals surface area (Å²) in [6.07, 6.45) is 3.22. The van der Waals surface area contributed by atoms with Crippen molar-refractivity contribution in [1.29, 1.82) is 0 Å². The van der Waals surface area contributed by atoms with Crippen LogP contribution >= 0.6 is 11.8 Å². The van der Waals surface area contributed by atoms with Crippen LogP contribution in [0.1, 0.15) is 24.0 Å². The number of carbonyl (C=O) groups is 1. The van der Waals surface area contributed by atoms with E-state index in [9.17, 15) is 4.79 Å². The van der Waals surface area contributed by atoms with Gasteiger partial charge in [0.1, 0.15) is 0 Å². The van der Waals surface area contributed by atoms with Crippen LogP contribution in [0.2, 0.25) is 0 Å². The van der Waals surface area contributed by atoms with E-state index in [4.69, 9.17) is 0 Å². The number of rotatable bonds is 5. The number of carbonyl (C=O) groups excluding carboxylic acids is 1. The first-order valence-electron chi connectivity index (χ1n) is 8.26. The van der Waals surface area contributed by atoms with Gasteiger partial charge in [-0.05, 0) is 43.4 Å². The molecule has 3 rings (SSSR count). The summed E-state index contributed by atoms with van der Waals surface area (Å²) >= 11 is 1.66. The van der Waals surface area contributed by atoms with Gasteiger partial charge in [0.05, 0.1) is 5.75 Å². The maximum atomic E-state index is 12.6. The first kappa shape index (κ1) is 16.1. The number of amides is 1. The molecule has 2 aromatic carbocycles. The Labute approximate surface area is 142 Å². The van der Waals surface area contributed by atoms with Crippen LogP contribution in [-0.2, 0) is 11.2 Å². The molecule has 0 N–H and O–H groups in total. The SMILES string of the molecule is Cc1ccccc1SCC(=O)N1CCCC1Cc1ccccc1. The maximum absolute atomic E-state index is 12.6. The van der Waals surface area contributed by atoms with Crippen molar-refractivity contribution in [2.45, 2.75) is 37.1 Å². The van der Waals surface area contributed by atoms with E-state index in [0.29, 0.717) is 11.8 Å². The molecule has 0 radical (unpaired) electrons. The number of benzene rings is 2. The summed E-state index contributed by atoms with van der Waals surface area (Å²) in [6.45, 7) is 3.01. The Balaban J connectivity index is 1.59. The van der Waals surface area contributed by atoms with Crippen molar-refractivity contribution in [3.8, 4) is 0 Å². The van der Waals surface area contributed by atoms with E-state index < -0.39 is 0 Å². The lowest BCUT2D eigenvalue weighted by Gasteiger charge is -2.25. The van der Waals surface area contributed by atoms with Crippen molar-refractivity contribution in [2.75, 3.05) is 12.3 Å². The standard InChI is InChI=1S/C20H23NOS/c1-16-8-5-6-12-19(16)23-15-20(22)21-13-7-11-18(21)14-17-9-3-2-4-10-17/h2-6,8-10,12,18H,7,11,13-15H2,1H3. The second kappa shape index (κ2) is 7.69. The molecule has 1 unspecified atom stereocenters. The van der Waals surface area contributed by atoms with E-state index in [1.54, 1.807) is 11.8 Å². The predicted molar refractivity (Wildman–Crippen MR) is 96.8 cm³/mol. The van der Waals surface area contributed by atoms with Gasteiger partial charge in [-0.3, -0.25) is 4.79 Å². The van der Waals surface area contributed by atoms with Crippen molar-refractivity contribution in [3.05, 3.63) is 65.7 Å². The second-order valence-corrected chi connectivity index (χ2v) is 7.14. The minimum atomic E-state index is 0.275. The molecule has 0 aromatic heterocycles. The van der Waals surface area contributed by atoms with Crippen molar-refractivity contribution in [1.82, 2.24) is 4.90 Å². The highest BCUT2D eigenvalue weighted by atomic mass is 32.2. The van der Waals surface area contributed by atoms with Gasteiger partial charge in [0, 0.05) is 17.5 Å². The van der Waals surface area contributed by atoms with Crippen LogP contribution in [0, 0.1) is 6.92 Å². The molecule has 0 saturated carbocycles. The summed E-state index contributed by atoms with van der Waals surface area (Å²) in [7, 11) is 0. The molecule has 1 fully saturated rings. The van der Waals surface area contributed by atoms with Gasteiger partial charge < -0.3 is 4.90 Å². The molecule has 2 aromatic rings. The third-order valence-electron chi connectivity index (χ3n) is 4.46. The topological polar surface area (TPSA) is 20.3 Å². The predicted octanol–water partition coefficient (Wildman–Crippen LogP) is 4.32. The molecule has 0 spiro atoms. The Hall–Kier alpha value is -1.74. The third kappa shape index (κ3) is 4.17. The summed E-state index contributed by atoms with van der Waals surface area (Å²) in [5.41, 5.74) is 2.57. The maximum Gasteiger partial charge on any atom is 0.233 e. The minimum Gasteiger partial charge on any atom is -0.339 e. The quantitative estimate of drug-likeness (QED) is 0.763. The number of thioether (sulfide) groups is 1. The van der Waals surface area contributed by atoms with E-state index in [1.807, 2.05) is 18.2 Å². The molecule has 2 nitrogen and oxygen atoms in total. The van der Waals surface area contributed by atoms with Gasteiger partial charge in [-0.25, -0.2) is 0 Å². The van der Waals surface area contributed by atoms with Crippen molar-refractivity contribution in [2.24, 2.45) is 0 Å². The first-order chi connectivity index (χ1) is 11.2. The Bertz CT molecular complexity index is 656. The van der Waals surface area contributed by atoms with Crippen LogP contribution in [0.4, 0.5) is 0 Å². The molecule has 23 heavy (non-hydrogen) atoms. The van der Waals surface area contributed by atoms with Gasteiger partial charge in [0.25, 0.3) is 0 Å². The van der Waals surface area contributed by atoms with Crippen molar-refractivity contribution >= 4 is 17.7 Å². The third-order valence-corrected chi connectivity index (χ3v) is 5.62. The molecule has 1 aliphatic heterocycles. The Kier molecular flexibility index (Phi) is 5.39. The van der Waals surface area contributed by atoms with Gasteiger partial charge in [-0.2, -0.15) is 0 Å². The van der Waals surface area contributed by atoms with Gasteiger partial charge in [0.15, 0.2) is 0 Å². The fourth-order valence-electron chi connectivity index (χ4n) is 3.20. The molecule has 120 valence electrons. The van der Waals surface area contributed by atoms with Gasteiger partial charge in [-0.1, -0.05) is 48.5 Å². The van der Waals surface area contributed by atoms with Crippen LogP contribution in [0.25, 0.3) is 0 Å². The monoisotopic (exact) mass is 325 g/mol.